The van der Waals surface area contributed by atoms with Crippen LogP contribution >= 0.6 is 0 Å². The first-order valence-corrected chi connectivity index (χ1v) is 6.00. The van der Waals surface area contributed by atoms with E-state index in [4.69, 9.17) is 0 Å². The molecule has 1 amide bonds. The lowest BCUT2D eigenvalue weighted by Crippen LogP contribution is -2.13. The molecule has 20 heavy (non-hydrogen) atoms. The Balaban J connectivity index is 1.74. The first-order chi connectivity index (χ1) is 9.83. The van der Waals surface area contributed by atoms with Gasteiger partial charge in [0.25, 0.3) is 5.91 Å². The molecule has 0 bridgehead atoms. The van der Waals surface area contributed by atoms with Crippen LogP contribution in [-0.2, 0) is 0 Å². The summed E-state index contributed by atoms with van der Waals surface area (Å²) in [6.07, 6.45) is 7.88. The van der Waals surface area contributed by atoms with Gasteiger partial charge < -0.3 is 10.3 Å². The zero-order valence-corrected chi connectivity index (χ0v) is 10.4. The van der Waals surface area contributed by atoms with Gasteiger partial charge >= 0.3 is 0 Å². The third kappa shape index (κ3) is 2.54. The summed E-state index contributed by atoms with van der Waals surface area (Å²) in [4.78, 5) is 26.9. The van der Waals surface area contributed by atoms with Crippen molar-refractivity contribution in [3.05, 3.63) is 60.9 Å². The molecule has 0 saturated carbocycles. The maximum Gasteiger partial charge on any atom is 0.275 e. The van der Waals surface area contributed by atoms with Crippen LogP contribution in [0.1, 0.15) is 10.5 Å². The number of benzene rings is 1. The molecule has 3 aromatic rings. The largest absolute Gasteiger partial charge is 0.345 e. The summed E-state index contributed by atoms with van der Waals surface area (Å²) < 4.78 is 0. The number of anilines is 1. The number of imidazole rings is 1. The lowest BCUT2D eigenvalue weighted by molar-refractivity contribution is 0.102. The molecule has 0 saturated heterocycles. The Kier molecular flexibility index (Phi) is 3.20. The van der Waals surface area contributed by atoms with Crippen molar-refractivity contribution in [1.29, 1.82) is 0 Å². The van der Waals surface area contributed by atoms with Gasteiger partial charge in [-0.25, -0.2) is 9.97 Å². The SMILES string of the molecule is O=C(Nc1ccc(-c2ncc[nH]2)cc1)c1cnccn1. The summed E-state index contributed by atoms with van der Waals surface area (Å²) in [5, 5.41) is 2.76. The minimum absolute atomic E-state index is 0.280. The van der Waals surface area contributed by atoms with Crippen molar-refractivity contribution < 1.29 is 4.79 Å². The Morgan fingerprint density at radius 3 is 2.55 bits per heavy atom. The smallest absolute Gasteiger partial charge is 0.275 e. The first kappa shape index (κ1) is 12.0. The first-order valence-electron chi connectivity index (χ1n) is 6.00. The average molecular weight is 265 g/mol. The van der Waals surface area contributed by atoms with E-state index in [9.17, 15) is 4.79 Å². The van der Waals surface area contributed by atoms with E-state index in [2.05, 4.69) is 25.3 Å². The number of aromatic amines is 1. The molecule has 6 nitrogen and oxygen atoms in total. The number of carbonyl (C=O) groups excluding carboxylic acids is 1. The predicted octanol–water partition coefficient (Wildman–Crippen LogP) is 2.12. The maximum atomic E-state index is 11.9. The third-order valence-electron chi connectivity index (χ3n) is 2.71. The molecule has 6 heteroatoms. The van der Waals surface area contributed by atoms with Gasteiger partial charge in [-0.1, -0.05) is 0 Å². The molecular weight excluding hydrogens is 254 g/mol. The minimum Gasteiger partial charge on any atom is -0.345 e. The van der Waals surface area contributed by atoms with E-state index in [1.54, 1.807) is 12.4 Å². The van der Waals surface area contributed by atoms with E-state index in [1.165, 1.54) is 18.6 Å². The minimum atomic E-state index is -0.288. The molecule has 0 fully saturated rings. The Morgan fingerprint density at radius 1 is 1.05 bits per heavy atom. The second kappa shape index (κ2) is 5.31. The van der Waals surface area contributed by atoms with Gasteiger partial charge in [0, 0.05) is 36.0 Å². The molecule has 0 aliphatic rings. The number of hydrogen-bond donors (Lipinski definition) is 2. The average Bonchev–Trinajstić information content (AvgIpc) is 3.03. The van der Waals surface area contributed by atoms with Gasteiger partial charge in [-0.15, -0.1) is 0 Å². The number of H-pyrrole nitrogens is 1. The number of rotatable bonds is 3. The highest BCUT2D eigenvalue weighted by molar-refractivity contribution is 6.02. The maximum absolute atomic E-state index is 11.9. The van der Waals surface area contributed by atoms with Crippen LogP contribution in [0.15, 0.2) is 55.2 Å². The molecule has 2 N–H and O–H groups in total. The Hall–Kier alpha value is -3.02. The second-order valence-corrected chi connectivity index (χ2v) is 4.06. The fourth-order valence-electron chi connectivity index (χ4n) is 1.75. The number of amides is 1. The van der Waals surface area contributed by atoms with Gasteiger partial charge in [-0.3, -0.25) is 9.78 Å². The van der Waals surface area contributed by atoms with E-state index in [0.29, 0.717) is 5.69 Å². The molecule has 2 heterocycles. The van der Waals surface area contributed by atoms with Crippen LogP contribution in [0.4, 0.5) is 5.69 Å². The van der Waals surface area contributed by atoms with E-state index in [1.807, 2.05) is 24.3 Å². The standard InChI is InChI=1S/C14H11N5O/c20-14(12-9-15-5-6-16-12)19-11-3-1-10(2-4-11)13-17-7-8-18-13/h1-9H,(H,17,18)(H,19,20). The number of nitrogens with one attached hydrogen (secondary N) is 2. The van der Waals surface area contributed by atoms with Gasteiger partial charge in [0.05, 0.1) is 6.20 Å². The van der Waals surface area contributed by atoms with Crippen molar-refractivity contribution in [2.24, 2.45) is 0 Å². The van der Waals surface area contributed by atoms with E-state index in [-0.39, 0.29) is 11.6 Å². The lowest BCUT2D eigenvalue weighted by atomic mass is 10.2. The highest BCUT2D eigenvalue weighted by Gasteiger charge is 2.07. The van der Waals surface area contributed by atoms with Crippen LogP contribution in [0.25, 0.3) is 11.4 Å². The van der Waals surface area contributed by atoms with E-state index in [0.717, 1.165) is 11.4 Å². The highest BCUT2D eigenvalue weighted by atomic mass is 16.1. The van der Waals surface area contributed by atoms with Crippen LogP contribution < -0.4 is 5.32 Å². The van der Waals surface area contributed by atoms with Crippen LogP contribution in [0.2, 0.25) is 0 Å². The van der Waals surface area contributed by atoms with Crippen LogP contribution in [0, 0.1) is 0 Å². The quantitative estimate of drug-likeness (QED) is 0.759. The van der Waals surface area contributed by atoms with Gasteiger partial charge in [0.1, 0.15) is 11.5 Å². The Bertz CT molecular complexity index is 692. The van der Waals surface area contributed by atoms with Crippen molar-refractivity contribution in [1.82, 2.24) is 19.9 Å². The van der Waals surface area contributed by atoms with Gasteiger partial charge in [-0.2, -0.15) is 0 Å². The zero-order valence-electron chi connectivity index (χ0n) is 10.4. The monoisotopic (exact) mass is 265 g/mol. The molecule has 3 rings (SSSR count). The molecule has 1 aromatic carbocycles. The molecule has 0 aliphatic carbocycles. The van der Waals surface area contributed by atoms with E-state index < -0.39 is 0 Å². The summed E-state index contributed by atoms with van der Waals surface area (Å²) in [7, 11) is 0. The molecule has 2 aromatic heterocycles. The number of nitrogens with zero attached hydrogens (tertiary/aromatic N) is 3. The van der Waals surface area contributed by atoms with Crippen LogP contribution in [0.5, 0.6) is 0 Å². The van der Waals surface area contributed by atoms with Crippen molar-refractivity contribution in [2.45, 2.75) is 0 Å². The van der Waals surface area contributed by atoms with E-state index >= 15 is 0 Å². The van der Waals surface area contributed by atoms with Crippen molar-refractivity contribution in [2.75, 3.05) is 5.32 Å². The lowest BCUT2D eigenvalue weighted by Gasteiger charge is -2.05. The molecule has 0 unspecified atom stereocenters. The highest BCUT2D eigenvalue weighted by Crippen LogP contribution is 2.17. The van der Waals surface area contributed by atoms with Gasteiger partial charge in [0.15, 0.2) is 0 Å². The van der Waals surface area contributed by atoms with Crippen LogP contribution in [0.3, 0.4) is 0 Å². The summed E-state index contributed by atoms with van der Waals surface area (Å²) in [6, 6.07) is 7.38. The summed E-state index contributed by atoms with van der Waals surface area (Å²) in [6.45, 7) is 0. The van der Waals surface area contributed by atoms with Gasteiger partial charge in [-0.05, 0) is 24.3 Å². The summed E-state index contributed by atoms with van der Waals surface area (Å²) in [5.41, 5.74) is 1.92. The fraction of sp³-hybridized carbons (Fsp3) is 0. The van der Waals surface area contributed by atoms with Crippen molar-refractivity contribution >= 4 is 11.6 Å². The van der Waals surface area contributed by atoms with Crippen LogP contribution in [-0.4, -0.2) is 25.8 Å². The normalized spacial score (nSPS) is 10.2. The topological polar surface area (TPSA) is 83.6 Å². The molecule has 0 aliphatic heterocycles. The Labute approximate surface area is 114 Å². The second-order valence-electron chi connectivity index (χ2n) is 4.06. The molecular formula is C14H11N5O. The summed E-state index contributed by atoms with van der Waals surface area (Å²) >= 11 is 0. The predicted molar refractivity (Wildman–Crippen MR) is 74.0 cm³/mol. The summed E-state index contributed by atoms with van der Waals surface area (Å²) in [5.74, 6) is 0.501. The number of hydrogen-bond acceptors (Lipinski definition) is 4. The number of aromatic nitrogens is 4. The fourth-order valence-corrected chi connectivity index (χ4v) is 1.75. The zero-order chi connectivity index (χ0) is 13.8. The third-order valence-corrected chi connectivity index (χ3v) is 2.71. The van der Waals surface area contributed by atoms with Gasteiger partial charge in [0.2, 0.25) is 0 Å². The van der Waals surface area contributed by atoms with Crippen molar-refractivity contribution in [3.8, 4) is 11.4 Å². The van der Waals surface area contributed by atoms with Crippen molar-refractivity contribution in [3.63, 3.8) is 0 Å². The molecule has 0 spiro atoms. The Morgan fingerprint density at radius 2 is 1.90 bits per heavy atom. The molecule has 0 radical (unpaired) electrons. The molecule has 98 valence electrons. The molecule has 0 atom stereocenters. The number of carbonyl (C=O) groups is 1.